The lowest BCUT2D eigenvalue weighted by molar-refractivity contribution is -0.134. The van der Waals surface area contributed by atoms with Crippen molar-refractivity contribution >= 4 is 22.6 Å². The number of carbonyl (C=O) groups is 1. The van der Waals surface area contributed by atoms with E-state index in [9.17, 15) is 4.79 Å². The van der Waals surface area contributed by atoms with Gasteiger partial charge in [-0.3, -0.25) is 4.90 Å². The average Bonchev–Trinajstić information content (AvgIpc) is 3.00. The summed E-state index contributed by atoms with van der Waals surface area (Å²) >= 11 is 0. The Morgan fingerprint density at radius 3 is 2.96 bits per heavy atom. The Kier molecular flexibility index (Phi) is 3.32. The van der Waals surface area contributed by atoms with Crippen molar-refractivity contribution < 1.29 is 9.53 Å². The number of ether oxygens (including phenoxy) is 1. The largest absolute Gasteiger partial charge is 0.464 e. The van der Waals surface area contributed by atoms with Gasteiger partial charge >= 0.3 is 5.97 Å². The molecule has 0 radical (unpaired) electrons. The summed E-state index contributed by atoms with van der Waals surface area (Å²) in [5, 5.41) is 1.30. The summed E-state index contributed by atoms with van der Waals surface area (Å²) in [5.41, 5.74) is 4.63. The molecule has 3 aliphatic rings. The maximum atomic E-state index is 12.6. The number of carbonyl (C=O) groups excluding carboxylic acids is 1. The highest BCUT2D eigenvalue weighted by molar-refractivity contribution is 6.13. The highest BCUT2D eigenvalue weighted by atomic mass is 16.5. The number of hydrogen-bond acceptors (Lipinski definition) is 3. The first kappa shape index (κ1) is 15.2. The second-order valence-electron chi connectivity index (χ2n) is 7.62. The fraction of sp³-hybridized carbons (Fsp3) is 0.476. The molecular formula is C21H24N2O2. The summed E-state index contributed by atoms with van der Waals surface area (Å²) in [5.74, 6) is 0.898. The predicted octanol–water partition coefficient (Wildman–Crippen LogP) is 3.61. The molecule has 1 fully saturated rings. The Bertz CT molecular complexity index is 895. The van der Waals surface area contributed by atoms with Gasteiger partial charge in [0.15, 0.2) is 0 Å². The molecule has 4 heterocycles. The number of esters is 1. The van der Waals surface area contributed by atoms with Gasteiger partial charge in [0.05, 0.1) is 18.7 Å². The van der Waals surface area contributed by atoms with Gasteiger partial charge < -0.3 is 9.30 Å². The van der Waals surface area contributed by atoms with Gasteiger partial charge in [0.2, 0.25) is 0 Å². The zero-order valence-electron chi connectivity index (χ0n) is 14.9. The molecule has 0 aliphatic carbocycles. The van der Waals surface area contributed by atoms with Crippen LogP contribution in [0.5, 0.6) is 0 Å². The van der Waals surface area contributed by atoms with Crippen molar-refractivity contribution in [3.63, 3.8) is 0 Å². The monoisotopic (exact) mass is 336 g/mol. The van der Waals surface area contributed by atoms with Crippen LogP contribution in [0.1, 0.15) is 37.1 Å². The summed E-state index contributed by atoms with van der Waals surface area (Å²) in [6.07, 6.45) is 5.63. The molecule has 0 unspecified atom stereocenters. The van der Waals surface area contributed by atoms with E-state index >= 15 is 0 Å². The van der Waals surface area contributed by atoms with Crippen LogP contribution in [0.3, 0.4) is 0 Å². The molecule has 0 bridgehead atoms. The van der Waals surface area contributed by atoms with E-state index in [1.54, 1.807) is 0 Å². The van der Waals surface area contributed by atoms with E-state index in [1.807, 2.05) is 0 Å². The lowest BCUT2D eigenvalue weighted by Gasteiger charge is -2.48. The number of nitrogens with zero attached hydrogens (tertiary/aromatic N) is 2. The topological polar surface area (TPSA) is 34.5 Å². The van der Waals surface area contributed by atoms with Crippen LogP contribution in [-0.2, 0) is 16.0 Å². The highest BCUT2D eigenvalue weighted by Crippen LogP contribution is 2.50. The van der Waals surface area contributed by atoms with Crippen molar-refractivity contribution in [3.8, 4) is 0 Å². The van der Waals surface area contributed by atoms with E-state index in [-0.39, 0.29) is 5.97 Å². The molecule has 0 spiro atoms. The van der Waals surface area contributed by atoms with Crippen molar-refractivity contribution in [3.05, 3.63) is 41.6 Å². The molecule has 0 saturated carbocycles. The van der Waals surface area contributed by atoms with Crippen LogP contribution in [-0.4, -0.2) is 35.6 Å². The first-order valence-corrected chi connectivity index (χ1v) is 9.39. The van der Waals surface area contributed by atoms with Crippen LogP contribution in [0.15, 0.2) is 30.3 Å². The Morgan fingerprint density at radius 2 is 2.16 bits per heavy atom. The van der Waals surface area contributed by atoms with Crippen molar-refractivity contribution in [1.82, 2.24) is 9.47 Å². The third kappa shape index (κ3) is 2.00. The number of methoxy groups -OCH3 is 1. The van der Waals surface area contributed by atoms with Gasteiger partial charge in [-0.1, -0.05) is 31.5 Å². The second kappa shape index (κ2) is 5.46. The number of fused-ring (bicyclic) bond motifs is 3. The van der Waals surface area contributed by atoms with Crippen LogP contribution in [0.2, 0.25) is 0 Å². The van der Waals surface area contributed by atoms with Gasteiger partial charge in [-0.05, 0) is 36.5 Å². The number of rotatable bonds is 2. The smallest absolute Gasteiger partial charge is 0.354 e. The van der Waals surface area contributed by atoms with Crippen LogP contribution >= 0.6 is 0 Å². The van der Waals surface area contributed by atoms with Gasteiger partial charge in [-0.25, -0.2) is 4.79 Å². The molecule has 4 heteroatoms. The average molecular weight is 336 g/mol. The van der Waals surface area contributed by atoms with E-state index in [4.69, 9.17) is 4.74 Å². The molecule has 2 aromatic rings. The normalized spacial score (nSPS) is 27.8. The molecular weight excluding hydrogens is 312 g/mol. The van der Waals surface area contributed by atoms with Gasteiger partial charge in [0.1, 0.15) is 5.70 Å². The standard InChI is InChI=1S/C21H24N2O2/c1-3-13-10-14-11-18(21(24)25-2)23-17-7-5-4-6-15(17)16-8-9-22(12-13)19(14)20(16)23/h4-7,11,13-14,19H,3,8-10,12H2,1-2H3/t13-,14+,19+/m0/s1. The number of hydrogen-bond donors (Lipinski definition) is 0. The van der Waals surface area contributed by atoms with Crippen LogP contribution < -0.4 is 0 Å². The SMILES string of the molecule is CC[C@H]1C[C@@H]2C=C(C(=O)OC)n3c4c(c5ccccc53)CCN(C1)[C@@H]42. The maximum absolute atomic E-state index is 12.6. The van der Waals surface area contributed by atoms with Gasteiger partial charge in [0, 0.05) is 30.1 Å². The van der Waals surface area contributed by atoms with Crippen molar-refractivity contribution in [2.45, 2.75) is 32.2 Å². The summed E-state index contributed by atoms with van der Waals surface area (Å²) < 4.78 is 7.33. The van der Waals surface area contributed by atoms with Gasteiger partial charge in [-0.15, -0.1) is 0 Å². The van der Waals surface area contributed by atoms with E-state index in [0.717, 1.165) is 18.5 Å². The molecule has 1 saturated heterocycles. The molecule has 0 N–H and O–H groups in total. The minimum absolute atomic E-state index is 0.224. The van der Waals surface area contributed by atoms with Gasteiger partial charge in [0.25, 0.3) is 0 Å². The minimum atomic E-state index is -0.224. The first-order valence-electron chi connectivity index (χ1n) is 9.39. The molecule has 1 aromatic heterocycles. The van der Waals surface area contributed by atoms with Crippen LogP contribution in [0, 0.1) is 11.8 Å². The van der Waals surface area contributed by atoms with Gasteiger partial charge in [-0.2, -0.15) is 0 Å². The molecule has 0 amide bonds. The van der Waals surface area contributed by atoms with E-state index in [0.29, 0.717) is 23.6 Å². The number of para-hydroxylation sites is 1. The Hall–Kier alpha value is -2.07. The number of benzene rings is 1. The lowest BCUT2D eigenvalue weighted by Crippen LogP contribution is -2.48. The summed E-state index contributed by atoms with van der Waals surface area (Å²) in [7, 11) is 1.48. The van der Waals surface area contributed by atoms with E-state index < -0.39 is 0 Å². The van der Waals surface area contributed by atoms with E-state index in [1.165, 1.54) is 43.1 Å². The number of aromatic nitrogens is 1. The first-order chi connectivity index (χ1) is 12.2. The zero-order valence-corrected chi connectivity index (χ0v) is 14.9. The quantitative estimate of drug-likeness (QED) is 0.786. The Morgan fingerprint density at radius 1 is 1.32 bits per heavy atom. The minimum Gasteiger partial charge on any atom is -0.464 e. The molecule has 3 atom stereocenters. The molecule has 1 aromatic carbocycles. The highest BCUT2D eigenvalue weighted by Gasteiger charge is 2.45. The van der Waals surface area contributed by atoms with Crippen molar-refractivity contribution in [2.24, 2.45) is 11.8 Å². The zero-order chi connectivity index (χ0) is 17.1. The Balaban J connectivity index is 1.79. The second-order valence-corrected chi connectivity index (χ2v) is 7.62. The summed E-state index contributed by atoms with van der Waals surface area (Å²) in [4.78, 5) is 15.2. The Labute approximate surface area is 148 Å². The van der Waals surface area contributed by atoms with Crippen LogP contribution in [0.4, 0.5) is 0 Å². The van der Waals surface area contributed by atoms with Crippen LogP contribution in [0.25, 0.3) is 16.6 Å². The summed E-state index contributed by atoms with van der Waals surface area (Å²) in [6, 6.07) is 8.90. The fourth-order valence-electron chi connectivity index (χ4n) is 5.32. The summed E-state index contributed by atoms with van der Waals surface area (Å²) in [6.45, 7) is 4.59. The van der Waals surface area contributed by atoms with Crippen molar-refractivity contribution in [2.75, 3.05) is 20.2 Å². The lowest BCUT2D eigenvalue weighted by atomic mass is 9.76. The molecule has 4 nitrogen and oxygen atoms in total. The van der Waals surface area contributed by atoms with E-state index in [2.05, 4.69) is 46.7 Å². The molecule has 25 heavy (non-hydrogen) atoms. The third-order valence-corrected chi connectivity index (χ3v) is 6.43. The predicted molar refractivity (Wildman–Crippen MR) is 98.1 cm³/mol. The fourth-order valence-corrected chi connectivity index (χ4v) is 5.32. The molecule has 130 valence electrons. The van der Waals surface area contributed by atoms with Crippen molar-refractivity contribution in [1.29, 1.82) is 0 Å². The molecule has 5 rings (SSSR count). The third-order valence-electron chi connectivity index (χ3n) is 6.43. The molecule has 3 aliphatic heterocycles. The maximum Gasteiger partial charge on any atom is 0.354 e. The number of piperidine rings is 1.